The predicted molar refractivity (Wildman–Crippen MR) is 63.6 cm³/mol. The summed E-state index contributed by atoms with van der Waals surface area (Å²) in [5, 5.41) is 3.16. The monoisotopic (exact) mass is 261 g/mol. The third-order valence-corrected chi connectivity index (χ3v) is 4.20. The first kappa shape index (κ1) is 11.2. The standard InChI is InChI=1S/C10H16BrNS/c1-8-7-9(13-10(8)11)5-3-4-6-12-2/h7,12H,3-6H2,1-2H3. The molecular weight excluding hydrogens is 246 g/mol. The fraction of sp³-hybridized carbons (Fsp3) is 0.600. The maximum atomic E-state index is 3.54. The lowest BCUT2D eigenvalue weighted by Crippen LogP contribution is -2.07. The lowest BCUT2D eigenvalue weighted by Gasteiger charge is -1.97. The van der Waals surface area contributed by atoms with Crippen molar-refractivity contribution in [2.75, 3.05) is 13.6 Å². The van der Waals surface area contributed by atoms with Crippen LogP contribution in [-0.4, -0.2) is 13.6 Å². The molecule has 0 atom stereocenters. The summed E-state index contributed by atoms with van der Waals surface area (Å²) in [6.07, 6.45) is 3.77. The molecule has 1 aromatic heterocycles. The molecule has 1 N–H and O–H groups in total. The van der Waals surface area contributed by atoms with E-state index in [0.717, 1.165) is 6.54 Å². The summed E-state index contributed by atoms with van der Waals surface area (Å²) < 4.78 is 1.29. The van der Waals surface area contributed by atoms with Crippen molar-refractivity contribution in [3.05, 3.63) is 20.3 Å². The lowest BCUT2D eigenvalue weighted by atomic mass is 10.2. The molecule has 0 saturated carbocycles. The quantitative estimate of drug-likeness (QED) is 0.802. The van der Waals surface area contributed by atoms with Crippen LogP contribution in [0.2, 0.25) is 0 Å². The van der Waals surface area contributed by atoms with Gasteiger partial charge in [0.1, 0.15) is 0 Å². The minimum absolute atomic E-state index is 1.13. The molecule has 0 saturated heterocycles. The number of hydrogen-bond donors (Lipinski definition) is 1. The molecule has 0 fully saturated rings. The number of halogens is 1. The third kappa shape index (κ3) is 3.79. The van der Waals surface area contributed by atoms with Gasteiger partial charge in [-0.15, -0.1) is 11.3 Å². The van der Waals surface area contributed by atoms with Gasteiger partial charge in [-0.05, 0) is 67.3 Å². The SMILES string of the molecule is CNCCCCc1cc(C)c(Br)s1. The Balaban J connectivity index is 2.29. The molecule has 0 amide bonds. The van der Waals surface area contributed by atoms with E-state index in [1.165, 1.54) is 33.5 Å². The van der Waals surface area contributed by atoms with Crippen LogP contribution < -0.4 is 5.32 Å². The summed E-state index contributed by atoms with van der Waals surface area (Å²) in [6.45, 7) is 3.28. The van der Waals surface area contributed by atoms with Gasteiger partial charge in [-0.3, -0.25) is 0 Å². The van der Waals surface area contributed by atoms with Gasteiger partial charge in [0.15, 0.2) is 0 Å². The van der Waals surface area contributed by atoms with Crippen molar-refractivity contribution in [2.24, 2.45) is 0 Å². The first-order chi connectivity index (χ1) is 6.24. The number of rotatable bonds is 5. The van der Waals surface area contributed by atoms with E-state index in [1.54, 1.807) is 0 Å². The fourth-order valence-corrected chi connectivity index (χ4v) is 2.92. The number of aryl methyl sites for hydroxylation is 2. The van der Waals surface area contributed by atoms with Gasteiger partial charge in [-0.2, -0.15) is 0 Å². The zero-order valence-corrected chi connectivity index (χ0v) is 10.6. The summed E-state index contributed by atoms with van der Waals surface area (Å²) in [4.78, 5) is 1.50. The number of unbranched alkanes of at least 4 members (excludes halogenated alkanes) is 1. The topological polar surface area (TPSA) is 12.0 Å². The molecule has 0 radical (unpaired) electrons. The molecule has 74 valence electrons. The van der Waals surface area contributed by atoms with E-state index in [2.05, 4.69) is 34.2 Å². The Kier molecular flexibility index (Phi) is 4.99. The molecule has 1 heterocycles. The molecule has 0 aliphatic heterocycles. The van der Waals surface area contributed by atoms with Crippen LogP contribution in [0.25, 0.3) is 0 Å². The molecule has 0 aromatic carbocycles. The Hall–Kier alpha value is 0.140. The summed E-state index contributed by atoms with van der Waals surface area (Å²) in [5.74, 6) is 0. The molecule has 0 unspecified atom stereocenters. The second kappa shape index (κ2) is 5.78. The lowest BCUT2D eigenvalue weighted by molar-refractivity contribution is 0.680. The highest BCUT2D eigenvalue weighted by Gasteiger charge is 2.01. The Morgan fingerprint density at radius 1 is 1.46 bits per heavy atom. The number of hydrogen-bond acceptors (Lipinski definition) is 2. The van der Waals surface area contributed by atoms with E-state index in [4.69, 9.17) is 0 Å². The van der Waals surface area contributed by atoms with Gasteiger partial charge in [-0.25, -0.2) is 0 Å². The van der Waals surface area contributed by atoms with Crippen LogP contribution in [0.3, 0.4) is 0 Å². The second-order valence-electron chi connectivity index (χ2n) is 3.23. The maximum Gasteiger partial charge on any atom is 0.0730 e. The minimum atomic E-state index is 1.13. The highest BCUT2D eigenvalue weighted by Crippen LogP contribution is 2.28. The van der Waals surface area contributed by atoms with Gasteiger partial charge in [0, 0.05) is 4.88 Å². The molecule has 0 spiro atoms. The van der Waals surface area contributed by atoms with Crippen molar-refractivity contribution in [3.8, 4) is 0 Å². The second-order valence-corrected chi connectivity index (χ2v) is 5.68. The van der Waals surface area contributed by atoms with Gasteiger partial charge in [0.05, 0.1) is 3.79 Å². The van der Waals surface area contributed by atoms with Crippen LogP contribution >= 0.6 is 27.3 Å². The smallest absolute Gasteiger partial charge is 0.0730 e. The van der Waals surface area contributed by atoms with Crippen LogP contribution in [0.4, 0.5) is 0 Å². The van der Waals surface area contributed by atoms with Gasteiger partial charge in [-0.1, -0.05) is 0 Å². The number of thiophene rings is 1. The van der Waals surface area contributed by atoms with E-state index in [1.807, 2.05) is 18.4 Å². The molecule has 13 heavy (non-hydrogen) atoms. The highest BCUT2D eigenvalue weighted by atomic mass is 79.9. The molecule has 0 aliphatic rings. The van der Waals surface area contributed by atoms with Crippen LogP contribution in [0.15, 0.2) is 9.85 Å². The van der Waals surface area contributed by atoms with E-state index in [-0.39, 0.29) is 0 Å². The van der Waals surface area contributed by atoms with Crippen molar-refractivity contribution >= 4 is 27.3 Å². The van der Waals surface area contributed by atoms with Crippen LogP contribution in [-0.2, 0) is 6.42 Å². The molecule has 1 rings (SSSR count). The Bertz CT molecular complexity index is 238. The van der Waals surface area contributed by atoms with E-state index in [9.17, 15) is 0 Å². The Morgan fingerprint density at radius 3 is 2.77 bits per heavy atom. The van der Waals surface area contributed by atoms with Crippen molar-refractivity contribution in [2.45, 2.75) is 26.2 Å². The van der Waals surface area contributed by atoms with Crippen molar-refractivity contribution < 1.29 is 0 Å². The first-order valence-corrected chi connectivity index (χ1v) is 6.24. The maximum absolute atomic E-state index is 3.54. The Labute approximate surface area is 92.7 Å². The number of nitrogens with one attached hydrogen (secondary N) is 1. The summed E-state index contributed by atoms with van der Waals surface area (Å²) in [5.41, 5.74) is 1.37. The highest BCUT2D eigenvalue weighted by molar-refractivity contribution is 9.11. The average Bonchev–Trinajstić information content (AvgIpc) is 2.41. The van der Waals surface area contributed by atoms with Crippen molar-refractivity contribution in [3.63, 3.8) is 0 Å². The van der Waals surface area contributed by atoms with E-state index >= 15 is 0 Å². The van der Waals surface area contributed by atoms with E-state index < -0.39 is 0 Å². The van der Waals surface area contributed by atoms with Gasteiger partial charge in [0.2, 0.25) is 0 Å². The predicted octanol–water partition coefficient (Wildman–Crippen LogP) is 3.36. The van der Waals surface area contributed by atoms with Crippen LogP contribution in [0, 0.1) is 6.92 Å². The Morgan fingerprint density at radius 2 is 2.23 bits per heavy atom. The van der Waals surface area contributed by atoms with Crippen molar-refractivity contribution in [1.82, 2.24) is 5.32 Å². The zero-order valence-electron chi connectivity index (χ0n) is 8.19. The zero-order chi connectivity index (χ0) is 9.68. The van der Waals surface area contributed by atoms with E-state index in [0.29, 0.717) is 0 Å². The minimum Gasteiger partial charge on any atom is -0.320 e. The summed E-state index contributed by atoms with van der Waals surface area (Å²) >= 11 is 5.41. The summed E-state index contributed by atoms with van der Waals surface area (Å²) in [7, 11) is 2.01. The molecule has 3 heteroatoms. The largest absolute Gasteiger partial charge is 0.320 e. The normalized spacial score (nSPS) is 10.7. The molecule has 1 nitrogen and oxygen atoms in total. The molecule has 0 bridgehead atoms. The molecule has 1 aromatic rings. The van der Waals surface area contributed by atoms with Gasteiger partial charge in [0.25, 0.3) is 0 Å². The third-order valence-electron chi connectivity index (χ3n) is 2.01. The van der Waals surface area contributed by atoms with Gasteiger partial charge >= 0.3 is 0 Å². The fourth-order valence-electron chi connectivity index (χ4n) is 1.25. The van der Waals surface area contributed by atoms with Crippen LogP contribution in [0.1, 0.15) is 23.3 Å². The first-order valence-electron chi connectivity index (χ1n) is 4.63. The van der Waals surface area contributed by atoms with Crippen LogP contribution in [0.5, 0.6) is 0 Å². The van der Waals surface area contributed by atoms with Crippen molar-refractivity contribution in [1.29, 1.82) is 0 Å². The summed E-state index contributed by atoms with van der Waals surface area (Å²) in [6, 6.07) is 2.29. The molecular formula is C10H16BrNS. The van der Waals surface area contributed by atoms with Gasteiger partial charge < -0.3 is 5.32 Å². The molecule has 0 aliphatic carbocycles. The average molecular weight is 262 g/mol.